The van der Waals surface area contributed by atoms with Crippen LogP contribution >= 0.6 is 0 Å². The zero-order valence-corrected chi connectivity index (χ0v) is 15.1. The molecule has 0 aliphatic heterocycles. The van der Waals surface area contributed by atoms with Crippen LogP contribution in [0.5, 0.6) is 5.88 Å². The van der Waals surface area contributed by atoms with E-state index >= 15 is 0 Å². The highest BCUT2D eigenvalue weighted by atomic mass is 16.5. The van der Waals surface area contributed by atoms with Crippen LogP contribution in [0.3, 0.4) is 0 Å². The third kappa shape index (κ3) is 6.85. The van der Waals surface area contributed by atoms with Gasteiger partial charge in [0.1, 0.15) is 11.8 Å². The van der Waals surface area contributed by atoms with Gasteiger partial charge in [-0.1, -0.05) is 77.6 Å². The maximum atomic E-state index is 5.75. The van der Waals surface area contributed by atoms with E-state index in [0.717, 1.165) is 11.9 Å². The van der Waals surface area contributed by atoms with E-state index in [1.807, 2.05) is 0 Å². The van der Waals surface area contributed by atoms with Crippen LogP contribution in [0, 0.1) is 0 Å². The van der Waals surface area contributed by atoms with Crippen LogP contribution in [-0.4, -0.2) is 26.5 Å². The van der Waals surface area contributed by atoms with E-state index in [1.165, 1.54) is 77.0 Å². The van der Waals surface area contributed by atoms with E-state index in [1.54, 1.807) is 6.33 Å². The van der Waals surface area contributed by atoms with Gasteiger partial charge in [0.15, 0.2) is 5.65 Å². The number of fused-ring (bicyclic) bond motifs is 1. The molecule has 2 aromatic rings. The molecule has 0 spiro atoms. The summed E-state index contributed by atoms with van der Waals surface area (Å²) < 4.78 is 5.75. The Hall–Kier alpha value is -1.65. The van der Waals surface area contributed by atoms with Gasteiger partial charge in [0.25, 0.3) is 0 Å². The van der Waals surface area contributed by atoms with Crippen molar-refractivity contribution >= 4 is 11.2 Å². The van der Waals surface area contributed by atoms with Crippen molar-refractivity contribution < 1.29 is 4.74 Å². The molecule has 1 N–H and O–H groups in total. The summed E-state index contributed by atoms with van der Waals surface area (Å²) in [6.45, 7) is 2.99. The normalized spacial score (nSPS) is 11.2. The second-order valence-electron chi connectivity index (χ2n) is 6.52. The number of unbranched alkanes of at least 4 members (excludes halogenated alkanes) is 11. The molecule has 0 atom stereocenters. The minimum absolute atomic E-state index is 0.612. The summed E-state index contributed by atoms with van der Waals surface area (Å²) in [6.07, 6.45) is 19.3. The van der Waals surface area contributed by atoms with E-state index < -0.39 is 0 Å². The van der Waals surface area contributed by atoms with Gasteiger partial charge in [-0.05, 0) is 6.42 Å². The summed E-state index contributed by atoms with van der Waals surface area (Å²) in [6, 6.07) is 0. The number of nitrogens with one attached hydrogen (secondary N) is 1. The number of hydrogen-bond donors (Lipinski definition) is 1. The molecule has 0 radical (unpaired) electrons. The second kappa shape index (κ2) is 11.8. The monoisotopic (exact) mass is 332 g/mol. The third-order valence-electron chi connectivity index (χ3n) is 4.42. The van der Waals surface area contributed by atoms with Gasteiger partial charge < -0.3 is 9.72 Å². The Balaban J connectivity index is 1.41. The Morgan fingerprint density at radius 3 is 2.08 bits per heavy atom. The number of nitrogens with zero attached hydrogens (tertiary/aromatic N) is 3. The first-order valence-electron chi connectivity index (χ1n) is 9.68. The molecule has 2 aromatic heterocycles. The van der Waals surface area contributed by atoms with Crippen LogP contribution in [-0.2, 0) is 0 Å². The van der Waals surface area contributed by atoms with Gasteiger partial charge in [-0.25, -0.2) is 9.97 Å². The summed E-state index contributed by atoms with van der Waals surface area (Å²) >= 11 is 0. The minimum atomic E-state index is 0.612. The van der Waals surface area contributed by atoms with E-state index in [2.05, 4.69) is 26.9 Å². The Morgan fingerprint density at radius 1 is 0.792 bits per heavy atom. The summed E-state index contributed by atoms with van der Waals surface area (Å²) in [4.78, 5) is 15.4. The number of aromatic amines is 1. The molecule has 0 saturated carbocycles. The molecule has 24 heavy (non-hydrogen) atoms. The maximum Gasteiger partial charge on any atom is 0.243 e. The predicted octanol–water partition coefficient (Wildman–Crippen LogP) is 5.43. The lowest BCUT2D eigenvalue weighted by Crippen LogP contribution is -2.00. The quantitative estimate of drug-likeness (QED) is 0.468. The average Bonchev–Trinajstić information content (AvgIpc) is 3.08. The van der Waals surface area contributed by atoms with Gasteiger partial charge >= 0.3 is 0 Å². The number of rotatable bonds is 14. The standard InChI is InChI=1S/C19H32N4O/c1-2-3-4-5-6-7-8-9-10-11-12-13-14-24-19-17-18(21-15-20-17)22-16-23-19/h15-16H,2-14H2,1H3,(H,20,21,22,23). The van der Waals surface area contributed by atoms with Gasteiger partial charge in [-0.3, -0.25) is 0 Å². The molecule has 0 aliphatic rings. The first kappa shape index (κ1) is 18.7. The van der Waals surface area contributed by atoms with Crippen molar-refractivity contribution in [2.45, 2.75) is 84.0 Å². The molecule has 2 heterocycles. The lowest BCUT2D eigenvalue weighted by atomic mass is 10.1. The van der Waals surface area contributed by atoms with Crippen molar-refractivity contribution in [1.29, 1.82) is 0 Å². The van der Waals surface area contributed by atoms with Crippen LogP contribution < -0.4 is 4.74 Å². The Bertz CT molecular complexity index is 555. The highest BCUT2D eigenvalue weighted by molar-refractivity contribution is 5.74. The molecule has 0 saturated heterocycles. The Kier molecular flexibility index (Phi) is 9.20. The molecule has 5 nitrogen and oxygen atoms in total. The summed E-state index contributed by atoms with van der Waals surface area (Å²) in [5, 5.41) is 0. The van der Waals surface area contributed by atoms with Gasteiger partial charge in [-0.15, -0.1) is 0 Å². The molecule has 0 aliphatic carbocycles. The summed E-state index contributed by atoms with van der Waals surface area (Å²) in [5.74, 6) is 0.612. The summed E-state index contributed by atoms with van der Waals surface area (Å²) in [5.41, 5.74) is 1.45. The number of aromatic nitrogens is 4. The van der Waals surface area contributed by atoms with Gasteiger partial charge in [0.05, 0.1) is 12.9 Å². The van der Waals surface area contributed by atoms with Crippen LogP contribution in [0.25, 0.3) is 11.2 Å². The lowest BCUT2D eigenvalue weighted by molar-refractivity contribution is 0.296. The van der Waals surface area contributed by atoms with Gasteiger partial charge in [0.2, 0.25) is 5.88 Å². The zero-order valence-electron chi connectivity index (χ0n) is 15.1. The number of H-pyrrole nitrogens is 1. The van der Waals surface area contributed by atoms with E-state index in [9.17, 15) is 0 Å². The zero-order chi connectivity index (χ0) is 16.9. The number of hydrogen-bond acceptors (Lipinski definition) is 4. The molecule has 2 rings (SSSR count). The van der Waals surface area contributed by atoms with Crippen molar-refractivity contribution in [3.8, 4) is 5.88 Å². The molecule has 134 valence electrons. The molecule has 0 aromatic carbocycles. The van der Waals surface area contributed by atoms with Gasteiger partial charge in [-0.2, -0.15) is 4.98 Å². The van der Waals surface area contributed by atoms with E-state index in [0.29, 0.717) is 18.1 Å². The van der Waals surface area contributed by atoms with Crippen LogP contribution in [0.1, 0.15) is 84.0 Å². The van der Waals surface area contributed by atoms with Crippen molar-refractivity contribution in [2.24, 2.45) is 0 Å². The number of ether oxygens (including phenoxy) is 1. The maximum absolute atomic E-state index is 5.75. The molecule has 0 amide bonds. The Labute approximate surface area is 145 Å². The fraction of sp³-hybridized carbons (Fsp3) is 0.737. The lowest BCUT2D eigenvalue weighted by Gasteiger charge is -2.05. The highest BCUT2D eigenvalue weighted by Gasteiger charge is 2.06. The topological polar surface area (TPSA) is 63.7 Å². The highest BCUT2D eigenvalue weighted by Crippen LogP contribution is 2.17. The third-order valence-corrected chi connectivity index (χ3v) is 4.42. The van der Waals surface area contributed by atoms with Crippen molar-refractivity contribution in [3.63, 3.8) is 0 Å². The number of imidazole rings is 1. The minimum Gasteiger partial charge on any atom is -0.476 e. The average molecular weight is 332 g/mol. The predicted molar refractivity (Wildman–Crippen MR) is 98.3 cm³/mol. The fourth-order valence-corrected chi connectivity index (χ4v) is 2.96. The smallest absolute Gasteiger partial charge is 0.243 e. The Morgan fingerprint density at radius 2 is 1.42 bits per heavy atom. The van der Waals surface area contributed by atoms with Crippen LogP contribution in [0.4, 0.5) is 0 Å². The molecule has 5 heteroatoms. The van der Waals surface area contributed by atoms with Crippen molar-refractivity contribution in [1.82, 2.24) is 19.9 Å². The van der Waals surface area contributed by atoms with Crippen LogP contribution in [0.2, 0.25) is 0 Å². The second-order valence-corrected chi connectivity index (χ2v) is 6.52. The largest absolute Gasteiger partial charge is 0.476 e. The van der Waals surface area contributed by atoms with Gasteiger partial charge in [0, 0.05) is 0 Å². The molecule has 0 bridgehead atoms. The molecular formula is C19H32N4O. The first-order valence-corrected chi connectivity index (χ1v) is 9.68. The van der Waals surface area contributed by atoms with E-state index in [-0.39, 0.29) is 0 Å². The van der Waals surface area contributed by atoms with Crippen LogP contribution in [0.15, 0.2) is 12.7 Å². The first-order chi connectivity index (χ1) is 11.9. The van der Waals surface area contributed by atoms with E-state index in [4.69, 9.17) is 4.74 Å². The molecule has 0 unspecified atom stereocenters. The molecule has 0 fully saturated rings. The molecular weight excluding hydrogens is 300 g/mol. The van der Waals surface area contributed by atoms with Crippen molar-refractivity contribution in [2.75, 3.05) is 6.61 Å². The SMILES string of the molecule is CCCCCCCCCCCCCCOc1ncnc2nc[nH]c12. The summed E-state index contributed by atoms with van der Waals surface area (Å²) in [7, 11) is 0. The fourth-order valence-electron chi connectivity index (χ4n) is 2.96. The van der Waals surface area contributed by atoms with Crippen molar-refractivity contribution in [3.05, 3.63) is 12.7 Å².